The van der Waals surface area contributed by atoms with Crippen LogP contribution in [-0.4, -0.2) is 25.9 Å². The van der Waals surface area contributed by atoms with E-state index < -0.39 is 0 Å². The summed E-state index contributed by atoms with van der Waals surface area (Å²) in [6.07, 6.45) is 0. The third-order valence-electron chi connectivity index (χ3n) is 2.76. The van der Waals surface area contributed by atoms with Gasteiger partial charge in [0.05, 0.1) is 12.6 Å². The Kier molecular flexibility index (Phi) is 3.80. The Bertz CT molecular complexity index is 340. The van der Waals surface area contributed by atoms with Crippen LogP contribution in [0.3, 0.4) is 0 Å². The lowest BCUT2D eigenvalue weighted by Crippen LogP contribution is -2.34. The number of nitrogens with one attached hydrogen (secondary N) is 1. The van der Waals surface area contributed by atoms with Crippen molar-refractivity contribution in [2.45, 2.75) is 25.9 Å². The maximum Gasteiger partial charge on any atom is 0.124 e. The van der Waals surface area contributed by atoms with Gasteiger partial charge in [0.1, 0.15) is 12.4 Å². The zero-order valence-electron chi connectivity index (χ0n) is 9.90. The van der Waals surface area contributed by atoms with Crippen LogP contribution < -0.4 is 10.1 Å². The molecule has 2 unspecified atom stereocenters. The van der Waals surface area contributed by atoms with Gasteiger partial charge in [-0.15, -0.1) is 0 Å². The van der Waals surface area contributed by atoms with Crippen molar-refractivity contribution in [3.63, 3.8) is 0 Å². The lowest BCUT2D eigenvalue weighted by atomic mass is 10.1. The molecule has 0 saturated carbocycles. The molecule has 0 aliphatic carbocycles. The maximum atomic E-state index is 5.61. The Morgan fingerprint density at radius 3 is 3.12 bits per heavy atom. The van der Waals surface area contributed by atoms with Crippen LogP contribution in [0.15, 0.2) is 24.3 Å². The summed E-state index contributed by atoms with van der Waals surface area (Å²) in [7, 11) is 0. The quantitative estimate of drug-likeness (QED) is 0.826. The molecular weight excluding hydrogens is 202 g/mol. The van der Waals surface area contributed by atoms with Crippen LogP contribution in [0.2, 0.25) is 0 Å². The summed E-state index contributed by atoms with van der Waals surface area (Å²) in [6.45, 7) is 6.38. The number of ether oxygens (including phenoxy) is 2. The van der Waals surface area contributed by atoms with Gasteiger partial charge >= 0.3 is 0 Å². The molecule has 0 saturated heterocycles. The molecule has 0 radical (unpaired) electrons. The first kappa shape index (κ1) is 11.4. The molecule has 2 rings (SSSR count). The summed E-state index contributed by atoms with van der Waals surface area (Å²) in [5.41, 5.74) is 1.26. The van der Waals surface area contributed by atoms with Crippen LogP contribution in [0.5, 0.6) is 5.75 Å². The van der Waals surface area contributed by atoms with Crippen LogP contribution in [-0.2, 0) is 4.74 Å². The molecule has 0 bridgehead atoms. The predicted octanol–water partition coefficient (Wildman–Crippen LogP) is 2.13. The molecule has 1 N–H and O–H groups in total. The average Bonchev–Trinajstić information content (AvgIpc) is 2.70. The van der Waals surface area contributed by atoms with Gasteiger partial charge in [-0.05, 0) is 19.9 Å². The highest BCUT2D eigenvalue weighted by Crippen LogP contribution is 2.31. The van der Waals surface area contributed by atoms with E-state index in [1.54, 1.807) is 0 Å². The molecule has 3 nitrogen and oxygen atoms in total. The number of hydrogen-bond donors (Lipinski definition) is 1. The number of benzene rings is 1. The molecule has 1 heterocycles. The number of fused-ring (bicyclic) bond motifs is 1. The van der Waals surface area contributed by atoms with E-state index in [9.17, 15) is 0 Å². The molecular formula is C13H19NO2. The van der Waals surface area contributed by atoms with E-state index in [2.05, 4.69) is 24.4 Å². The fourth-order valence-corrected chi connectivity index (χ4v) is 1.99. The third-order valence-corrected chi connectivity index (χ3v) is 2.76. The fourth-order valence-electron chi connectivity index (χ4n) is 1.99. The minimum Gasteiger partial charge on any atom is -0.491 e. The highest BCUT2D eigenvalue weighted by molar-refractivity contribution is 5.39. The van der Waals surface area contributed by atoms with Gasteiger partial charge in [-0.25, -0.2) is 0 Å². The molecule has 16 heavy (non-hydrogen) atoms. The second kappa shape index (κ2) is 5.32. The van der Waals surface area contributed by atoms with Crippen LogP contribution in [0, 0.1) is 0 Å². The molecule has 0 spiro atoms. The minimum atomic E-state index is 0.298. The van der Waals surface area contributed by atoms with Crippen molar-refractivity contribution >= 4 is 0 Å². The molecule has 1 aromatic carbocycles. The molecule has 3 heteroatoms. The van der Waals surface area contributed by atoms with Crippen molar-refractivity contribution in [2.24, 2.45) is 0 Å². The van der Waals surface area contributed by atoms with Crippen molar-refractivity contribution < 1.29 is 9.47 Å². The van der Waals surface area contributed by atoms with Crippen molar-refractivity contribution in [1.29, 1.82) is 0 Å². The lowest BCUT2D eigenvalue weighted by Gasteiger charge is -2.18. The Hall–Kier alpha value is -1.06. The van der Waals surface area contributed by atoms with Crippen LogP contribution in [0.4, 0.5) is 0 Å². The Morgan fingerprint density at radius 2 is 2.31 bits per heavy atom. The summed E-state index contributed by atoms with van der Waals surface area (Å²) >= 11 is 0. The topological polar surface area (TPSA) is 30.5 Å². The standard InChI is InChI=1S/C13H19NO2/c1-3-15-8-10(2)14-12-9-16-13-7-5-4-6-11(12)13/h4-7,10,12,14H,3,8-9H2,1-2H3. The summed E-state index contributed by atoms with van der Waals surface area (Å²) in [6, 6.07) is 8.84. The molecule has 0 aromatic heterocycles. The summed E-state index contributed by atoms with van der Waals surface area (Å²) in [4.78, 5) is 0. The molecule has 0 amide bonds. The summed E-state index contributed by atoms with van der Waals surface area (Å²) in [5.74, 6) is 1.00. The molecule has 0 fully saturated rings. The SMILES string of the molecule is CCOCC(C)NC1COc2ccccc21. The first-order chi connectivity index (χ1) is 7.81. The summed E-state index contributed by atoms with van der Waals surface area (Å²) in [5, 5.41) is 3.52. The average molecular weight is 221 g/mol. The normalized spacial score (nSPS) is 20.2. The van der Waals surface area contributed by atoms with E-state index in [4.69, 9.17) is 9.47 Å². The summed E-state index contributed by atoms with van der Waals surface area (Å²) < 4.78 is 11.0. The zero-order valence-corrected chi connectivity index (χ0v) is 9.90. The predicted molar refractivity (Wildman–Crippen MR) is 63.8 cm³/mol. The van der Waals surface area contributed by atoms with Gasteiger partial charge in [0.2, 0.25) is 0 Å². The van der Waals surface area contributed by atoms with Crippen molar-refractivity contribution in [1.82, 2.24) is 5.32 Å². The second-order valence-corrected chi connectivity index (χ2v) is 4.13. The van der Waals surface area contributed by atoms with Crippen LogP contribution >= 0.6 is 0 Å². The van der Waals surface area contributed by atoms with Gasteiger partial charge in [0.15, 0.2) is 0 Å². The van der Waals surface area contributed by atoms with Crippen molar-refractivity contribution in [3.05, 3.63) is 29.8 Å². The molecule has 1 aliphatic rings. The number of para-hydroxylation sites is 1. The van der Waals surface area contributed by atoms with E-state index in [-0.39, 0.29) is 0 Å². The zero-order chi connectivity index (χ0) is 11.4. The van der Waals surface area contributed by atoms with Gasteiger partial charge in [-0.1, -0.05) is 18.2 Å². The van der Waals surface area contributed by atoms with Gasteiger partial charge in [0, 0.05) is 18.2 Å². The Labute approximate surface area is 96.8 Å². The fraction of sp³-hybridized carbons (Fsp3) is 0.538. The minimum absolute atomic E-state index is 0.298. The highest BCUT2D eigenvalue weighted by atomic mass is 16.5. The van der Waals surface area contributed by atoms with E-state index in [0.29, 0.717) is 12.1 Å². The van der Waals surface area contributed by atoms with Crippen molar-refractivity contribution in [3.8, 4) is 5.75 Å². The van der Waals surface area contributed by atoms with Crippen molar-refractivity contribution in [2.75, 3.05) is 19.8 Å². The lowest BCUT2D eigenvalue weighted by molar-refractivity contribution is 0.121. The molecule has 88 valence electrons. The number of rotatable bonds is 5. The third kappa shape index (κ3) is 2.54. The Balaban J connectivity index is 1.92. The molecule has 2 atom stereocenters. The Morgan fingerprint density at radius 1 is 1.50 bits per heavy atom. The van der Waals surface area contributed by atoms with E-state index >= 15 is 0 Å². The highest BCUT2D eigenvalue weighted by Gasteiger charge is 2.24. The van der Waals surface area contributed by atoms with Crippen LogP contribution in [0.1, 0.15) is 25.5 Å². The van der Waals surface area contributed by atoms with Crippen LogP contribution in [0.25, 0.3) is 0 Å². The maximum absolute atomic E-state index is 5.61. The number of hydrogen-bond acceptors (Lipinski definition) is 3. The van der Waals surface area contributed by atoms with Gasteiger partial charge in [-0.3, -0.25) is 0 Å². The van der Waals surface area contributed by atoms with Gasteiger partial charge in [-0.2, -0.15) is 0 Å². The second-order valence-electron chi connectivity index (χ2n) is 4.13. The van der Waals surface area contributed by atoms with E-state index in [1.807, 2.05) is 19.1 Å². The molecule has 1 aliphatic heterocycles. The van der Waals surface area contributed by atoms with E-state index in [1.165, 1.54) is 5.56 Å². The first-order valence-corrected chi connectivity index (χ1v) is 5.86. The smallest absolute Gasteiger partial charge is 0.124 e. The van der Waals surface area contributed by atoms with Gasteiger partial charge in [0.25, 0.3) is 0 Å². The van der Waals surface area contributed by atoms with Gasteiger partial charge < -0.3 is 14.8 Å². The first-order valence-electron chi connectivity index (χ1n) is 5.86. The largest absolute Gasteiger partial charge is 0.491 e. The molecule has 1 aromatic rings. The van der Waals surface area contributed by atoms with E-state index in [0.717, 1.165) is 25.6 Å². The monoisotopic (exact) mass is 221 g/mol.